The summed E-state index contributed by atoms with van der Waals surface area (Å²) in [6, 6.07) is 7.70. The molecule has 0 bridgehead atoms. The van der Waals surface area contributed by atoms with Crippen LogP contribution >= 0.6 is 11.8 Å². The van der Waals surface area contributed by atoms with E-state index in [1.54, 1.807) is 0 Å². The second kappa shape index (κ2) is 5.66. The molecule has 1 aromatic heterocycles. The summed E-state index contributed by atoms with van der Waals surface area (Å²) in [4.78, 5) is 15.5. The van der Waals surface area contributed by atoms with Crippen molar-refractivity contribution in [3.05, 3.63) is 35.5 Å². The van der Waals surface area contributed by atoms with E-state index in [2.05, 4.69) is 20.5 Å². The number of benzene rings is 1. The van der Waals surface area contributed by atoms with Gasteiger partial charge in [-0.1, -0.05) is 23.9 Å². The molecule has 0 saturated heterocycles. The summed E-state index contributed by atoms with van der Waals surface area (Å²) in [5.41, 5.74) is 7.20. The van der Waals surface area contributed by atoms with Gasteiger partial charge < -0.3 is 11.1 Å². The Hall–Kier alpha value is -2.15. The van der Waals surface area contributed by atoms with Crippen LogP contribution in [0.3, 0.4) is 0 Å². The van der Waals surface area contributed by atoms with E-state index >= 15 is 0 Å². The second-order valence-corrected chi connectivity index (χ2v) is 4.63. The first-order chi connectivity index (χ1) is 9.10. The van der Waals surface area contributed by atoms with Gasteiger partial charge in [0.2, 0.25) is 5.16 Å². The number of anilines is 2. The van der Waals surface area contributed by atoms with Crippen LogP contribution in [-0.4, -0.2) is 27.3 Å². The summed E-state index contributed by atoms with van der Waals surface area (Å²) in [5.74, 6) is -0.347. The van der Waals surface area contributed by atoms with Crippen molar-refractivity contribution in [3.8, 4) is 0 Å². The van der Waals surface area contributed by atoms with Gasteiger partial charge in [0.1, 0.15) is 0 Å². The lowest BCUT2D eigenvalue weighted by molar-refractivity contribution is 0.0995. The Morgan fingerprint density at radius 3 is 2.79 bits per heavy atom. The van der Waals surface area contributed by atoms with Crippen LogP contribution < -0.4 is 11.1 Å². The molecule has 0 saturated carbocycles. The van der Waals surface area contributed by atoms with Gasteiger partial charge in [-0.05, 0) is 30.9 Å². The van der Waals surface area contributed by atoms with E-state index in [0.717, 1.165) is 11.3 Å². The number of nitrogens with zero attached hydrogens (tertiary/aromatic N) is 3. The van der Waals surface area contributed by atoms with Crippen LogP contribution in [0.25, 0.3) is 0 Å². The Bertz CT molecular complexity index is 617. The minimum atomic E-state index is -0.664. The quantitative estimate of drug-likeness (QED) is 0.825. The molecule has 0 unspecified atom stereocenters. The van der Waals surface area contributed by atoms with Gasteiger partial charge in [-0.3, -0.25) is 4.79 Å². The number of aryl methyl sites for hydroxylation is 1. The molecule has 98 valence electrons. The zero-order chi connectivity index (χ0) is 13.8. The molecule has 0 fully saturated rings. The lowest BCUT2D eigenvalue weighted by Gasteiger charge is -2.09. The van der Waals surface area contributed by atoms with Crippen molar-refractivity contribution in [1.82, 2.24) is 15.2 Å². The predicted molar refractivity (Wildman–Crippen MR) is 74.6 cm³/mol. The van der Waals surface area contributed by atoms with Gasteiger partial charge in [0.25, 0.3) is 5.91 Å². The van der Waals surface area contributed by atoms with Crippen molar-refractivity contribution in [2.45, 2.75) is 12.1 Å². The van der Waals surface area contributed by atoms with Crippen LogP contribution in [-0.2, 0) is 0 Å². The highest BCUT2D eigenvalue weighted by molar-refractivity contribution is 7.98. The van der Waals surface area contributed by atoms with Crippen molar-refractivity contribution in [1.29, 1.82) is 0 Å². The molecule has 7 heteroatoms. The van der Waals surface area contributed by atoms with E-state index in [4.69, 9.17) is 5.73 Å². The third-order valence-electron chi connectivity index (χ3n) is 2.36. The molecule has 2 aromatic rings. The smallest absolute Gasteiger partial charge is 0.273 e. The maximum Gasteiger partial charge on any atom is 0.273 e. The SMILES string of the molecule is CSc1nnc(C(N)=O)c(Nc2cccc(C)c2)n1. The standard InChI is InChI=1S/C12H13N5OS/c1-7-4-3-5-8(6-7)14-11-9(10(13)18)16-17-12(15-11)19-2/h3-6H,1-2H3,(H2,13,18)(H,14,15,17). The van der Waals surface area contributed by atoms with Gasteiger partial charge in [0.15, 0.2) is 11.5 Å². The zero-order valence-electron chi connectivity index (χ0n) is 10.5. The number of aromatic nitrogens is 3. The molecule has 0 radical (unpaired) electrons. The van der Waals surface area contributed by atoms with Gasteiger partial charge in [-0.25, -0.2) is 4.98 Å². The minimum Gasteiger partial charge on any atom is -0.364 e. The molecule has 2 rings (SSSR count). The molecular weight excluding hydrogens is 262 g/mol. The molecule has 0 atom stereocenters. The molecule has 1 aromatic carbocycles. The van der Waals surface area contributed by atoms with Gasteiger partial charge in [0.05, 0.1) is 0 Å². The number of amides is 1. The average Bonchev–Trinajstić information content (AvgIpc) is 2.38. The van der Waals surface area contributed by atoms with Crippen LogP contribution in [0.1, 0.15) is 16.1 Å². The van der Waals surface area contributed by atoms with Crippen LogP contribution in [0, 0.1) is 6.92 Å². The van der Waals surface area contributed by atoms with E-state index in [1.807, 2.05) is 37.4 Å². The number of carbonyl (C=O) groups is 1. The molecule has 0 spiro atoms. The predicted octanol–water partition coefficient (Wildman–Crippen LogP) is 1.74. The summed E-state index contributed by atoms with van der Waals surface area (Å²) < 4.78 is 0. The van der Waals surface area contributed by atoms with Crippen molar-refractivity contribution in [2.75, 3.05) is 11.6 Å². The lowest BCUT2D eigenvalue weighted by Crippen LogP contribution is -2.17. The lowest BCUT2D eigenvalue weighted by atomic mass is 10.2. The zero-order valence-corrected chi connectivity index (χ0v) is 11.4. The molecule has 3 N–H and O–H groups in total. The number of nitrogens with two attached hydrogens (primary N) is 1. The van der Waals surface area contributed by atoms with Crippen LogP contribution in [0.2, 0.25) is 0 Å². The normalized spacial score (nSPS) is 10.2. The molecule has 0 aliphatic heterocycles. The first kappa shape index (κ1) is 13.3. The Labute approximate surface area is 114 Å². The van der Waals surface area contributed by atoms with E-state index < -0.39 is 5.91 Å². The monoisotopic (exact) mass is 275 g/mol. The summed E-state index contributed by atoms with van der Waals surface area (Å²) in [7, 11) is 0. The number of carbonyl (C=O) groups excluding carboxylic acids is 1. The minimum absolute atomic E-state index is 0.0271. The van der Waals surface area contributed by atoms with Crippen LogP contribution in [0.15, 0.2) is 29.4 Å². The third-order valence-corrected chi connectivity index (χ3v) is 2.90. The summed E-state index contributed by atoms with van der Waals surface area (Å²) in [6.45, 7) is 1.98. The van der Waals surface area contributed by atoms with Gasteiger partial charge >= 0.3 is 0 Å². The average molecular weight is 275 g/mol. The fourth-order valence-corrected chi connectivity index (χ4v) is 1.82. The number of nitrogens with one attached hydrogen (secondary N) is 1. The maximum absolute atomic E-state index is 11.3. The molecule has 0 aliphatic rings. The molecule has 1 heterocycles. The number of primary amides is 1. The Morgan fingerprint density at radius 2 is 2.16 bits per heavy atom. The highest BCUT2D eigenvalue weighted by Gasteiger charge is 2.14. The number of rotatable bonds is 4. The third kappa shape index (κ3) is 3.19. The Kier molecular flexibility index (Phi) is 3.96. The van der Waals surface area contributed by atoms with Gasteiger partial charge in [-0.15, -0.1) is 10.2 Å². The first-order valence-electron chi connectivity index (χ1n) is 5.52. The summed E-state index contributed by atoms with van der Waals surface area (Å²) in [6.07, 6.45) is 1.83. The number of hydrogen-bond acceptors (Lipinski definition) is 6. The Morgan fingerprint density at radius 1 is 1.37 bits per heavy atom. The van der Waals surface area contributed by atoms with E-state index in [0.29, 0.717) is 11.0 Å². The van der Waals surface area contributed by atoms with Crippen molar-refractivity contribution in [3.63, 3.8) is 0 Å². The summed E-state index contributed by atoms with van der Waals surface area (Å²) in [5, 5.41) is 11.1. The Balaban J connectivity index is 2.39. The number of hydrogen-bond donors (Lipinski definition) is 2. The largest absolute Gasteiger partial charge is 0.364 e. The highest BCUT2D eigenvalue weighted by Crippen LogP contribution is 2.19. The van der Waals surface area contributed by atoms with Crippen molar-refractivity contribution >= 4 is 29.2 Å². The fraction of sp³-hybridized carbons (Fsp3) is 0.167. The molecule has 6 nitrogen and oxygen atoms in total. The van der Waals surface area contributed by atoms with Crippen molar-refractivity contribution < 1.29 is 4.79 Å². The second-order valence-electron chi connectivity index (χ2n) is 3.85. The van der Waals surface area contributed by atoms with E-state index in [-0.39, 0.29) is 5.69 Å². The molecule has 19 heavy (non-hydrogen) atoms. The summed E-state index contributed by atoms with van der Waals surface area (Å²) >= 11 is 1.34. The number of thioether (sulfide) groups is 1. The molecule has 1 amide bonds. The van der Waals surface area contributed by atoms with Gasteiger partial charge in [0, 0.05) is 5.69 Å². The van der Waals surface area contributed by atoms with Gasteiger partial charge in [-0.2, -0.15) is 0 Å². The molecule has 0 aliphatic carbocycles. The fourth-order valence-electron chi connectivity index (χ4n) is 1.51. The molecular formula is C12H13N5OS. The highest BCUT2D eigenvalue weighted by atomic mass is 32.2. The van der Waals surface area contributed by atoms with Crippen LogP contribution in [0.4, 0.5) is 11.5 Å². The van der Waals surface area contributed by atoms with Crippen molar-refractivity contribution in [2.24, 2.45) is 5.73 Å². The maximum atomic E-state index is 11.3. The first-order valence-corrected chi connectivity index (χ1v) is 6.75. The topological polar surface area (TPSA) is 93.8 Å². The van der Waals surface area contributed by atoms with E-state index in [1.165, 1.54) is 11.8 Å². The van der Waals surface area contributed by atoms with E-state index in [9.17, 15) is 4.79 Å². The van der Waals surface area contributed by atoms with Crippen LogP contribution in [0.5, 0.6) is 0 Å².